The minimum Gasteiger partial charge on any atom is -0.473 e. The molecule has 0 spiro atoms. The zero-order chi connectivity index (χ0) is 13.7. The van der Waals surface area contributed by atoms with E-state index in [0.29, 0.717) is 11.8 Å². The summed E-state index contributed by atoms with van der Waals surface area (Å²) in [5, 5.41) is 0. The van der Waals surface area contributed by atoms with Crippen LogP contribution in [-0.4, -0.2) is 18.7 Å². The molecular weight excluding hydrogens is 228 g/mol. The largest absolute Gasteiger partial charge is 0.473 e. The number of hydrogen-bond donors (Lipinski definition) is 0. The van der Waals surface area contributed by atoms with Crippen molar-refractivity contribution in [2.45, 2.75) is 59.7 Å². The van der Waals surface area contributed by atoms with Crippen molar-refractivity contribution in [1.29, 1.82) is 0 Å². The summed E-state index contributed by atoms with van der Waals surface area (Å²) in [6.07, 6.45) is 4.30. The fourth-order valence-electron chi connectivity index (χ4n) is 2.32. The van der Waals surface area contributed by atoms with Gasteiger partial charge in [0.15, 0.2) is 12.6 Å². The zero-order valence-electron chi connectivity index (χ0n) is 12.2. The van der Waals surface area contributed by atoms with Gasteiger partial charge in [0.2, 0.25) is 0 Å². The lowest BCUT2D eigenvalue weighted by atomic mass is 9.80. The van der Waals surface area contributed by atoms with E-state index < -0.39 is 0 Å². The topological polar surface area (TPSA) is 27.7 Å². The van der Waals surface area contributed by atoms with Gasteiger partial charge in [-0.3, -0.25) is 0 Å². The number of ether oxygens (including phenoxy) is 3. The highest BCUT2D eigenvalue weighted by Gasteiger charge is 2.29. The Hall–Kier alpha value is -0.800. The molecule has 0 fully saturated rings. The van der Waals surface area contributed by atoms with Crippen molar-refractivity contribution in [3.05, 3.63) is 24.5 Å². The number of allylic oxidation sites excluding steroid dienone is 1. The Kier molecular flexibility index (Phi) is 5.89. The van der Waals surface area contributed by atoms with Crippen molar-refractivity contribution < 1.29 is 14.2 Å². The van der Waals surface area contributed by atoms with Crippen LogP contribution in [0.3, 0.4) is 0 Å². The van der Waals surface area contributed by atoms with E-state index in [2.05, 4.69) is 33.4 Å². The molecule has 0 saturated heterocycles. The Bertz CT molecular complexity index is 298. The van der Waals surface area contributed by atoms with E-state index in [1.807, 2.05) is 13.8 Å². The minimum absolute atomic E-state index is 0.139. The molecule has 1 aliphatic rings. The molecule has 0 bridgehead atoms. The highest BCUT2D eigenvalue weighted by atomic mass is 16.8. The molecule has 0 aromatic rings. The quantitative estimate of drug-likeness (QED) is 0.409. The summed E-state index contributed by atoms with van der Waals surface area (Å²) in [7, 11) is 0. The van der Waals surface area contributed by atoms with Crippen LogP contribution in [0, 0.1) is 11.8 Å². The lowest BCUT2D eigenvalue weighted by molar-refractivity contribution is -0.233. The normalized spacial score (nSPS) is 31.4. The van der Waals surface area contributed by atoms with Gasteiger partial charge in [-0.15, -0.1) is 0 Å². The maximum atomic E-state index is 6.00. The van der Waals surface area contributed by atoms with E-state index in [-0.39, 0.29) is 18.7 Å². The maximum Gasteiger partial charge on any atom is 0.198 e. The molecular formula is C15H26O3. The van der Waals surface area contributed by atoms with Crippen LogP contribution in [0.2, 0.25) is 0 Å². The average molecular weight is 254 g/mol. The average Bonchev–Trinajstić information content (AvgIpc) is 2.30. The first kappa shape index (κ1) is 15.3. The summed E-state index contributed by atoms with van der Waals surface area (Å²) in [4.78, 5) is 0. The van der Waals surface area contributed by atoms with Crippen LogP contribution in [0.1, 0.15) is 41.0 Å². The van der Waals surface area contributed by atoms with Crippen molar-refractivity contribution in [3.63, 3.8) is 0 Å². The van der Waals surface area contributed by atoms with Gasteiger partial charge in [-0.2, -0.15) is 0 Å². The Morgan fingerprint density at radius 3 is 2.61 bits per heavy atom. The summed E-state index contributed by atoms with van der Waals surface area (Å²) in [6, 6.07) is 0. The molecule has 3 nitrogen and oxygen atoms in total. The second kappa shape index (κ2) is 6.95. The van der Waals surface area contributed by atoms with Crippen molar-refractivity contribution in [2.75, 3.05) is 0 Å². The van der Waals surface area contributed by atoms with Gasteiger partial charge >= 0.3 is 0 Å². The monoisotopic (exact) mass is 254 g/mol. The lowest BCUT2D eigenvalue weighted by Gasteiger charge is -2.35. The number of hydrogen-bond acceptors (Lipinski definition) is 3. The summed E-state index contributed by atoms with van der Waals surface area (Å²) in [6.45, 7) is 13.9. The van der Waals surface area contributed by atoms with Crippen LogP contribution < -0.4 is 0 Å². The molecule has 18 heavy (non-hydrogen) atoms. The van der Waals surface area contributed by atoms with E-state index in [1.54, 1.807) is 0 Å². The zero-order valence-corrected chi connectivity index (χ0v) is 12.2. The van der Waals surface area contributed by atoms with Crippen LogP contribution >= 0.6 is 0 Å². The van der Waals surface area contributed by atoms with Crippen molar-refractivity contribution in [3.8, 4) is 0 Å². The van der Waals surface area contributed by atoms with Gasteiger partial charge in [-0.05, 0) is 44.6 Å². The lowest BCUT2D eigenvalue weighted by Crippen LogP contribution is -2.35. The maximum absolute atomic E-state index is 6.00. The molecule has 0 aromatic carbocycles. The van der Waals surface area contributed by atoms with Gasteiger partial charge in [0, 0.05) is 0 Å². The summed E-state index contributed by atoms with van der Waals surface area (Å²) >= 11 is 0. The van der Waals surface area contributed by atoms with E-state index in [9.17, 15) is 0 Å². The predicted octanol–water partition coefficient (Wildman–Crippen LogP) is 3.86. The molecule has 5 atom stereocenters. The molecule has 0 heterocycles. The summed E-state index contributed by atoms with van der Waals surface area (Å²) in [5.74, 6) is 1.16. The van der Waals surface area contributed by atoms with Gasteiger partial charge in [0.05, 0.1) is 12.4 Å². The van der Waals surface area contributed by atoms with Crippen molar-refractivity contribution in [1.82, 2.24) is 0 Å². The molecule has 0 radical (unpaired) electrons. The van der Waals surface area contributed by atoms with E-state index in [1.165, 1.54) is 11.8 Å². The second-order valence-corrected chi connectivity index (χ2v) is 5.15. The summed E-state index contributed by atoms with van der Waals surface area (Å²) in [5.41, 5.74) is 1.30. The first-order valence-electron chi connectivity index (χ1n) is 6.69. The van der Waals surface area contributed by atoms with Crippen LogP contribution in [0.25, 0.3) is 0 Å². The molecule has 0 amide bonds. The Morgan fingerprint density at radius 2 is 2.00 bits per heavy atom. The van der Waals surface area contributed by atoms with E-state index in [4.69, 9.17) is 14.2 Å². The fraction of sp³-hybridized carbons (Fsp3) is 0.733. The van der Waals surface area contributed by atoms with Gasteiger partial charge in [-0.1, -0.05) is 26.5 Å². The SMILES string of the molecule is C=COC(C)OC(C)OC1C(C)=CCC(C)C1C. The van der Waals surface area contributed by atoms with Gasteiger partial charge in [-0.25, -0.2) is 0 Å². The van der Waals surface area contributed by atoms with Gasteiger partial charge in [0.25, 0.3) is 0 Å². The number of rotatable bonds is 6. The first-order valence-corrected chi connectivity index (χ1v) is 6.69. The van der Waals surface area contributed by atoms with Crippen LogP contribution in [0.4, 0.5) is 0 Å². The Balaban J connectivity index is 2.52. The standard InChI is InChI=1S/C15H26O3/c1-7-16-13(5)17-14(6)18-15-11(3)9-8-10(2)12(15)4/h7,9-10,12-15H,1,8H2,2-6H3. The third kappa shape index (κ3) is 4.14. The van der Waals surface area contributed by atoms with E-state index >= 15 is 0 Å². The molecule has 104 valence electrons. The fourth-order valence-corrected chi connectivity index (χ4v) is 2.32. The molecule has 5 unspecified atom stereocenters. The third-order valence-electron chi connectivity index (χ3n) is 3.64. The molecule has 0 aromatic heterocycles. The predicted molar refractivity (Wildman–Crippen MR) is 72.9 cm³/mol. The van der Waals surface area contributed by atoms with E-state index in [0.717, 1.165) is 6.42 Å². The second-order valence-electron chi connectivity index (χ2n) is 5.15. The van der Waals surface area contributed by atoms with Crippen molar-refractivity contribution in [2.24, 2.45) is 11.8 Å². The Morgan fingerprint density at radius 1 is 1.33 bits per heavy atom. The van der Waals surface area contributed by atoms with Crippen LogP contribution in [0.5, 0.6) is 0 Å². The highest BCUT2D eigenvalue weighted by Crippen LogP contribution is 2.32. The summed E-state index contributed by atoms with van der Waals surface area (Å²) < 4.78 is 16.7. The van der Waals surface area contributed by atoms with Gasteiger partial charge in [0.1, 0.15) is 0 Å². The molecule has 1 rings (SSSR count). The molecule has 1 aliphatic carbocycles. The minimum atomic E-state index is -0.335. The third-order valence-corrected chi connectivity index (χ3v) is 3.64. The van der Waals surface area contributed by atoms with Crippen molar-refractivity contribution >= 4 is 0 Å². The molecule has 0 saturated carbocycles. The molecule has 3 heteroatoms. The molecule has 0 aliphatic heterocycles. The smallest absolute Gasteiger partial charge is 0.198 e. The van der Waals surface area contributed by atoms with Crippen LogP contribution in [-0.2, 0) is 14.2 Å². The van der Waals surface area contributed by atoms with Crippen LogP contribution in [0.15, 0.2) is 24.5 Å². The Labute approximate surface area is 111 Å². The molecule has 0 N–H and O–H groups in total. The highest BCUT2D eigenvalue weighted by molar-refractivity contribution is 5.11. The first-order chi connectivity index (χ1) is 8.45. The van der Waals surface area contributed by atoms with Gasteiger partial charge < -0.3 is 14.2 Å².